The average molecular weight is 883 g/mol. The van der Waals surface area contributed by atoms with Crippen molar-refractivity contribution in [2.45, 2.75) is 69.1 Å². The molecule has 0 radical (unpaired) electrons. The predicted molar refractivity (Wildman–Crippen MR) is 250 cm³/mol. The van der Waals surface area contributed by atoms with E-state index in [0.29, 0.717) is 77.0 Å². The number of sulfonamides is 2. The number of benzene rings is 7. The maximum Gasteiger partial charge on any atom is 0.335 e. The summed E-state index contributed by atoms with van der Waals surface area (Å²) in [6.45, 7) is 5.56. The molecule has 0 aliphatic heterocycles. The summed E-state index contributed by atoms with van der Waals surface area (Å²) < 4.78 is 57.8. The molecule has 0 unspecified atom stereocenters. The summed E-state index contributed by atoms with van der Waals surface area (Å²) in [5.74, 6) is -1.88. The van der Waals surface area contributed by atoms with Gasteiger partial charge in [-0.1, -0.05) is 121 Å². The third-order valence-electron chi connectivity index (χ3n) is 10.7. The summed E-state index contributed by atoms with van der Waals surface area (Å²) in [6, 6.07) is 45.0. The van der Waals surface area contributed by atoms with Crippen LogP contribution in [0.1, 0.15) is 72.5 Å². The van der Waals surface area contributed by atoms with Gasteiger partial charge in [-0.25, -0.2) is 26.4 Å². The van der Waals surface area contributed by atoms with E-state index in [-0.39, 0.29) is 4.90 Å². The minimum atomic E-state index is -3.75. The molecule has 0 aliphatic rings. The molecule has 0 amide bonds. The molecule has 0 aliphatic carbocycles. The Hall–Kier alpha value is -6.76. The third-order valence-corrected chi connectivity index (χ3v) is 13.7. The fourth-order valence-corrected chi connectivity index (χ4v) is 10.5. The van der Waals surface area contributed by atoms with E-state index in [9.17, 15) is 36.6 Å². The van der Waals surface area contributed by atoms with Gasteiger partial charge in [-0.2, -0.15) is 0 Å². The van der Waals surface area contributed by atoms with E-state index >= 15 is 0 Å². The van der Waals surface area contributed by atoms with Crippen LogP contribution in [0, 0.1) is 20.8 Å². The summed E-state index contributed by atoms with van der Waals surface area (Å²) in [5, 5.41) is 20.5. The zero-order chi connectivity index (χ0) is 45.1. The molecule has 7 rings (SSSR count). The lowest BCUT2D eigenvalue weighted by molar-refractivity contribution is 0.0684. The number of para-hydroxylation sites is 2. The Bertz CT molecular complexity index is 2980. The van der Waals surface area contributed by atoms with Crippen molar-refractivity contribution < 1.29 is 36.6 Å². The van der Waals surface area contributed by atoms with Gasteiger partial charge in [0, 0.05) is 0 Å². The second kappa shape index (κ2) is 20.4. The topological polar surface area (TPSA) is 167 Å². The molecule has 4 N–H and O–H groups in total. The first-order valence-electron chi connectivity index (χ1n) is 20.5. The first-order valence-corrected chi connectivity index (χ1v) is 23.5. The highest BCUT2D eigenvalue weighted by Gasteiger charge is 2.22. The number of aryl methyl sites for hydroxylation is 7. The van der Waals surface area contributed by atoms with Crippen molar-refractivity contribution in [2.75, 3.05) is 9.44 Å². The number of fused-ring (bicyclic) bond motifs is 1. The Labute approximate surface area is 369 Å². The highest BCUT2D eigenvalue weighted by Crippen LogP contribution is 2.28. The number of hydrogen-bond acceptors (Lipinski definition) is 6. The van der Waals surface area contributed by atoms with Gasteiger partial charge in [-0.05, 0) is 140 Å². The number of carbonyl (C=O) groups is 2. The van der Waals surface area contributed by atoms with E-state index in [1.165, 1.54) is 0 Å². The summed E-state index contributed by atoms with van der Waals surface area (Å²) in [7, 11) is -7.49. The first kappa shape index (κ1) is 45.8. The number of rotatable bonds is 16. The normalized spacial score (nSPS) is 11.3. The van der Waals surface area contributed by atoms with Crippen LogP contribution in [0.3, 0.4) is 0 Å². The maximum absolute atomic E-state index is 13.1. The van der Waals surface area contributed by atoms with Crippen LogP contribution in [0.15, 0.2) is 161 Å². The molecule has 0 saturated heterocycles. The zero-order valence-corrected chi connectivity index (χ0v) is 37.0. The molecule has 0 bridgehead atoms. The monoisotopic (exact) mass is 882 g/mol. The molecule has 0 spiro atoms. The van der Waals surface area contributed by atoms with Crippen molar-refractivity contribution in [3.8, 4) is 0 Å². The van der Waals surface area contributed by atoms with Gasteiger partial charge >= 0.3 is 11.9 Å². The largest absolute Gasteiger partial charge is 0.478 e. The molecule has 0 atom stereocenters. The second-order valence-electron chi connectivity index (χ2n) is 15.4. The lowest BCUT2D eigenvalue weighted by atomic mass is 9.99. The molecular formula is C51H50N2O8S2. The molecule has 7 aromatic carbocycles. The standard InChI is InChI=1S/C26H23NO4S.C25H27NO4S/c28-26(29)24-14-5-3-9-20(24)12-7-13-21-10-4-6-15-25(21)27-32(30,31)23-17-16-19-8-1-2-11-22(19)18-23;1-17-15-18(2)24(19(3)16-17)31(29,30)26-23-14-7-5-10-21(23)12-8-11-20-9-4-6-13-22(20)25(27)28/h1-6,8-11,14-18,27H,7,12-13H2,(H,28,29);4-7,9-10,13-16,26H,8,11-12H2,1-3H3,(H,27,28). The fourth-order valence-electron chi connectivity index (χ4n) is 7.83. The lowest BCUT2D eigenvalue weighted by Gasteiger charge is -2.16. The summed E-state index contributed by atoms with van der Waals surface area (Å²) >= 11 is 0. The molecule has 63 heavy (non-hydrogen) atoms. The van der Waals surface area contributed by atoms with Crippen molar-refractivity contribution in [3.05, 3.63) is 202 Å². The highest BCUT2D eigenvalue weighted by molar-refractivity contribution is 7.93. The third kappa shape index (κ3) is 11.8. The number of hydrogen-bond donors (Lipinski definition) is 4. The van der Waals surface area contributed by atoms with E-state index in [4.69, 9.17) is 0 Å². The van der Waals surface area contributed by atoms with Gasteiger partial charge in [-0.15, -0.1) is 0 Å². The Morgan fingerprint density at radius 1 is 0.460 bits per heavy atom. The highest BCUT2D eigenvalue weighted by atomic mass is 32.2. The second-order valence-corrected chi connectivity index (χ2v) is 18.7. The fraction of sp³-hybridized carbons (Fsp3) is 0.176. The number of carboxylic acids is 2. The minimum Gasteiger partial charge on any atom is -0.478 e. The first-order chi connectivity index (χ1) is 30.1. The molecular weight excluding hydrogens is 833 g/mol. The Morgan fingerprint density at radius 3 is 1.35 bits per heavy atom. The molecule has 0 aromatic heterocycles. The van der Waals surface area contributed by atoms with Crippen LogP contribution in [0.2, 0.25) is 0 Å². The van der Waals surface area contributed by atoms with Crippen LogP contribution in [0.5, 0.6) is 0 Å². The minimum absolute atomic E-state index is 0.210. The predicted octanol–water partition coefficient (Wildman–Crippen LogP) is 10.8. The Morgan fingerprint density at radius 2 is 0.857 bits per heavy atom. The molecule has 0 saturated carbocycles. The quantitative estimate of drug-likeness (QED) is 0.0744. The van der Waals surface area contributed by atoms with Crippen LogP contribution in [0.4, 0.5) is 11.4 Å². The number of anilines is 2. The van der Waals surface area contributed by atoms with Gasteiger partial charge < -0.3 is 10.2 Å². The van der Waals surface area contributed by atoms with Crippen molar-refractivity contribution in [2.24, 2.45) is 0 Å². The zero-order valence-electron chi connectivity index (χ0n) is 35.3. The van der Waals surface area contributed by atoms with Gasteiger partial charge in [-0.3, -0.25) is 9.44 Å². The summed E-state index contributed by atoms with van der Waals surface area (Å²) in [6.07, 6.45) is 3.82. The van der Waals surface area contributed by atoms with Crippen LogP contribution in [-0.4, -0.2) is 39.0 Å². The number of nitrogens with one attached hydrogen (secondary N) is 2. The van der Waals surface area contributed by atoms with Gasteiger partial charge in [0.2, 0.25) is 0 Å². The van der Waals surface area contributed by atoms with E-state index in [2.05, 4.69) is 9.44 Å². The van der Waals surface area contributed by atoms with Gasteiger partial charge in [0.25, 0.3) is 20.0 Å². The molecule has 0 heterocycles. The van der Waals surface area contributed by atoms with E-state index in [1.807, 2.05) is 91.9 Å². The van der Waals surface area contributed by atoms with Crippen LogP contribution in [0.25, 0.3) is 10.8 Å². The van der Waals surface area contributed by atoms with Crippen molar-refractivity contribution in [1.29, 1.82) is 0 Å². The van der Waals surface area contributed by atoms with Crippen molar-refractivity contribution >= 4 is 54.1 Å². The lowest BCUT2D eigenvalue weighted by Crippen LogP contribution is -2.17. The van der Waals surface area contributed by atoms with E-state index < -0.39 is 32.0 Å². The molecule has 324 valence electrons. The van der Waals surface area contributed by atoms with Crippen molar-refractivity contribution in [1.82, 2.24) is 0 Å². The number of carboxylic acid groups (broad SMARTS) is 2. The Balaban J connectivity index is 0.000000210. The molecule has 0 fully saturated rings. The van der Waals surface area contributed by atoms with Crippen LogP contribution in [-0.2, 0) is 45.7 Å². The van der Waals surface area contributed by atoms with E-state index in [1.54, 1.807) is 80.6 Å². The number of aromatic carboxylic acids is 2. The average Bonchev–Trinajstić information content (AvgIpc) is 3.24. The van der Waals surface area contributed by atoms with E-state index in [0.717, 1.165) is 38.6 Å². The molecule has 7 aromatic rings. The Kier molecular flexibility index (Phi) is 14.8. The SMILES string of the molecule is Cc1cc(C)c(S(=O)(=O)Nc2ccccc2CCCc2ccccc2C(=O)O)c(C)c1.O=C(O)c1ccccc1CCCc1ccccc1NS(=O)(=O)c1ccc2ccccc2c1. The maximum atomic E-state index is 13.1. The van der Waals surface area contributed by atoms with Gasteiger partial charge in [0.05, 0.1) is 32.3 Å². The van der Waals surface area contributed by atoms with Gasteiger partial charge in [0.1, 0.15) is 0 Å². The van der Waals surface area contributed by atoms with Gasteiger partial charge in [0.15, 0.2) is 0 Å². The summed E-state index contributed by atoms with van der Waals surface area (Å²) in [4.78, 5) is 23.3. The smallest absolute Gasteiger partial charge is 0.335 e. The van der Waals surface area contributed by atoms with Crippen molar-refractivity contribution in [3.63, 3.8) is 0 Å². The molecule has 10 nitrogen and oxygen atoms in total. The molecule has 12 heteroatoms. The summed E-state index contributed by atoms with van der Waals surface area (Å²) in [5.41, 5.74) is 7.44. The van der Waals surface area contributed by atoms with Crippen LogP contribution < -0.4 is 9.44 Å². The van der Waals surface area contributed by atoms with Crippen LogP contribution >= 0.6 is 0 Å².